The molecule has 0 radical (unpaired) electrons. The Morgan fingerprint density at radius 2 is 1.83 bits per heavy atom. The van der Waals surface area contributed by atoms with E-state index in [2.05, 4.69) is 40.0 Å². The van der Waals surface area contributed by atoms with E-state index in [4.69, 9.17) is 11.6 Å². The fraction of sp³-hybridized carbons (Fsp3) is 0.250. The molecule has 1 aromatic carbocycles. The predicted molar refractivity (Wildman–Crippen MR) is 78.1 cm³/mol. The fourth-order valence-electron chi connectivity index (χ4n) is 1.54. The highest BCUT2D eigenvalue weighted by molar-refractivity contribution is 6.88. The van der Waals surface area contributed by atoms with E-state index >= 15 is 0 Å². The first-order chi connectivity index (χ1) is 8.47. The SMILES string of the molecule is C[Si](C)(C)c1n[nH]nc1C=Nc1ccc(Cl)cc1. The highest BCUT2D eigenvalue weighted by atomic mass is 35.5. The Labute approximate surface area is 112 Å². The molecule has 2 rings (SSSR count). The summed E-state index contributed by atoms with van der Waals surface area (Å²) in [5, 5.41) is 12.8. The Balaban J connectivity index is 2.24. The zero-order chi connectivity index (χ0) is 13.2. The molecule has 1 aromatic heterocycles. The Morgan fingerprint density at radius 3 is 2.44 bits per heavy atom. The van der Waals surface area contributed by atoms with Gasteiger partial charge in [0.15, 0.2) is 0 Å². The Hall–Kier alpha value is -1.46. The number of hydrogen-bond acceptors (Lipinski definition) is 3. The summed E-state index contributed by atoms with van der Waals surface area (Å²) in [6, 6.07) is 7.37. The van der Waals surface area contributed by atoms with E-state index in [1.165, 1.54) is 0 Å². The zero-order valence-corrected chi connectivity index (χ0v) is 12.4. The lowest BCUT2D eigenvalue weighted by atomic mass is 10.3. The largest absolute Gasteiger partial charge is 0.255 e. The minimum absolute atomic E-state index is 0.707. The molecule has 0 spiro atoms. The maximum absolute atomic E-state index is 5.82. The summed E-state index contributed by atoms with van der Waals surface area (Å²) in [6.45, 7) is 6.68. The van der Waals surface area contributed by atoms with Gasteiger partial charge < -0.3 is 0 Å². The predicted octanol–water partition coefficient (Wildman–Crippen LogP) is 2.75. The molecule has 0 aliphatic carbocycles. The molecule has 0 saturated heterocycles. The van der Waals surface area contributed by atoms with Crippen LogP contribution in [0, 0.1) is 0 Å². The normalized spacial score (nSPS) is 12.2. The average molecular weight is 279 g/mol. The molecule has 2 aromatic rings. The maximum atomic E-state index is 5.82. The van der Waals surface area contributed by atoms with Gasteiger partial charge in [-0.1, -0.05) is 31.2 Å². The van der Waals surface area contributed by atoms with Gasteiger partial charge in [0.2, 0.25) is 0 Å². The van der Waals surface area contributed by atoms with Crippen LogP contribution in [-0.4, -0.2) is 29.7 Å². The van der Waals surface area contributed by atoms with Crippen molar-refractivity contribution in [3.8, 4) is 0 Å². The van der Waals surface area contributed by atoms with Crippen LogP contribution in [-0.2, 0) is 0 Å². The van der Waals surface area contributed by atoms with Crippen molar-refractivity contribution in [3.05, 3.63) is 35.0 Å². The average Bonchev–Trinajstić information content (AvgIpc) is 2.76. The second kappa shape index (κ2) is 5.03. The van der Waals surface area contributed by atoms with Gasteiger partial charge in [-0.15, -0.1) is 0 Å². The first-order valence-corrected chi connectivity index (χ1v) is 9.55. The number of nitrogens with zero attached hydrogens (tertiary/aromatic N) is 3. The first kappa shape index (κ1) is 13.0. The van der Waals surface area contributed by atoms with Crippen LogP contribution in [0.15, 0.2) is 29.3 Å². The third-order valence-electron chi connectivity index (χ3n) is 2.45. The van der Waals surface area contributed by atoms with Gasteiger partial charge in [-0.05, 0) is 24.3 Å². The third-order valence-corrected chi connectivity index (χ3v) is 4.49. The van der Waals surface area contributed by atoms with Crippen molar-refractivity contribution < 1.29 is 0 Å². The van der Waals surface area contributed by atoms with Crippen molar-refractivity contribution in [2.75, 3.05) is 0 Å². The monoisotopic (exact) mass is 278 g/mol. The lowest BCUT2D eigenvalue weighted by molar-refractivity contribution is 0.942. The van der Waals surface area contributed by atoms with E-state index in [0.717, 1.165) is 16.7 Å². The van der Waals surface area contributed by atoms with Gasteiger partial charge in [0.05, 0.1) is 17.2 Å². The summed E-state index contributed by atoms with van der Waals surface area (Å²) in [5.74, 6) is 0. The first-order valence-electron chi connectivity index (χ1n) is 5.68. The van der Waals surface area contributed by atoms with Gasteiger partial charge in [0, 0.05) is 5.02 Å². The van der Waals surface area contributed by atoms with E-state index < -0.39 is 8.07 Å². The minimum atomic E-state index is -1.49. The number of rotatable bonds is 3. The zero-order valence-electron chi connectivity index (χ0n) is 10.6. The molecule has 0 amide bonds. The van der Waals surface area contributed by atoms with Crippen molar-refractivity contribution >= 4 is 36.9 Å². The molecule has 0 atom stereocenters. The van der Waals surface area contributed by atoms with Gasteiger partial charge in [-0.25, -0.2) is 0 Å². The molecule has 0 bridgehead atoms. The van der Waals surface area contributed by atoms with Crippen LogP contribution in [0.4, 0.5) is 5.69 Å². The summed E-state index contributed by atoms with van der Waals surface area (Å²) in [7, 11) is -1.49. The second-order valence-corrected chi connectivity index (χ2v) is 10.5. The molecule has 6 heteroatoms. The summed E-state index contributed by atoms with van der Waals surface area (Å²) in [6.07, 6.45) is 1.75. The Kier molecular flexibility index (Phi) is 3.63. The highest BCUT2D eigenvalue weighted by Crippen LogP contribution is 2.15. The Bertz CT molecular complexity index is 554. The van der Waals surface area contributed by atoms with E-state index in [-0.39, 0.29) is 0 Å². The summed E-state index contributed by atoms with van der Waals surface area (Å²) >= 11 is 5.82. The topological polar surface area (TPSA) is 53.9 Å². The lowest BCUT2D eigenvalue weighted by Crippen LogP contribution is -2.41. The molecule has 1 N–H and O–H groups in total. The molecule has 1 heterocycles. The van der Waals surface area contributed by atoms with Crippen LogP contribution in [0.3, 0.4) is 0 Å². The van der Waals surface area contributed by atoms with Crippen LogP contribution < -0.4 is 5.32 Å². The maximum Gasteiger partial charge on any atom is 0.122 e. The number of hydrogen-bond donors (Lipinski definition) is 1. The number of aliphatic imine (C=N–C) groups is 1. The van der Waals surface area contributed by atoms with Crippen LogP contribution in [0.5, 0.6) is 0 Å². The van der Waals surface area contributed by atoms with Gasteiger partial charge in [-0.3, -0.25) is 4.99 Å². The van der Waals surface area contributed by atoms with Crippen molar-refractivity contribution in [2.24, 2.45) is 4.99 Å². The van der Waals surface area contributed by atoms with Gasteiger partial charge in [-0.2, -0.15) is 15.4 Å². The second-order valence-electron chi connectivity index (χ2n) is 5.04. The number of halogens is 1. The van der Waals surface area contributed by atoms with E-state index in [9.17, 15) is 0 Å². The molecule has 94 valence electrons. The van der Waals surface area contributed by atoms with Crippen LogP contribution in [0.25, 0.3) is 0 Å². The van der Waals surface area contributed by atoms with E-state index in [1.54, 1.807) is 6.21 Å². The number of benzene rings is 1. The molecular weight excluding hydrogens is 264 g/mol. The quantitative estimate of drug-likeness (QED) is 0.693. The van der Waals surface area contributed by atoms with Crippen molar-refractivity contribution in [1.29, 1.82) is 0 Å². The summed E-state index contributed by atoms with van der Waals surface area (Å²) in [4.78, 5) is 4.38. The highest BCUT2D eigenvalue weighted by Gasteiger charge is 2.23. The Morgan fingerprint density at radius 1 is 1.17 bits per heavy atom. The molecule has 0 fully saturated rings. The smallest absolute Gasteiger partial charge is 0.122 e. The molecule has 0 saturated carbocycles. The van der Waals surface area contributed by atoms with Gasteiger partial charge >= 0.3 is 0 Å². The fourth-order valence-corrected chi connectivity index (χ4v) is 2.94. The van der Waals surface area contributed by atoms with Gasteiger partial charge in [0.25, 0.3) is 0 Å². The number of nitrogens with one attached hydrogen (secondary N) is 1. The molecule has 0 aliphatic heterocycles. The number of aromatic amines is 1. The van der Waals surface area contributed by atoms with Crippen LogP contribution in [0.1, 0.15) is 5.69 Å². The standard InChI is InChI=1S/C12H15ClN4Si/c1-18(2,3)12-11(15-17-16-12)8-14-10-6-4-9(13)5-7-10/h4-8H,1-3H3,(H,15,16,17). The molecule has 0 aliphatic rings. The van der Waals surface area contributed by atoms with Crippen molar-refractivity contribution in [3.63, 3.8) is 0 Å². The van der Waals surface area contributed by atoms with Gasteiger partial charge in [0.1, 0.15) is 13.8 Å². The number of aromatic nitrogens is 3. The van der Waals surface area contributed by atoms with E-state index in [1.807, 2.05) is 24.3 Å². The molecule has 4 nitrogen and oxygen atoms in total. The molecule has 18 heavy (non-hydrogen) atoms. The van der Waals surface area contributed by atoms with Crippen molar-refractivity contribution in [1.82, 2.24) is 15.4 Å². The minimum Gasteiger partial charge on any atom is -0.255 e. The van der Waals surface area contributed by atoms with Crippen molar-refractivity contribution in [2.45, 2.75) is 19.6 Å². The summed E-state index contributed by atoms with van der Waals surface area (Å²) in [5.41, 5.74) is 1.67. The molecule has 0 unspecified atom stereocenters. The number of H-pyrrole nitrogens is 1. The van der Waals surface area contributed by atoms with E-state index in [0.29, 0.717) is 5.02 Å². The molecular formula is C12H15ClN4Si. The van der Waals surface area contributed by atoms with Crippen LogP contribution in [0.2, 0.25) is 24.7 Å². The van der Waals surface area contributed by atoms with Crippen LogP contribution >= 0.6 is 11.6 Å². The third kappa shape index (κ3) is 3.05. The lowest BCUT2D eigenvalue weighted by Gasteiger charge is -2.11. The summed E-state index contributed by atoms with van der Waals surface area (Å²) < 4.78 is 0.